The molecule has 1 aromatic rings. The zero-order valence-corrected chi connectivity index (χ0v) is 18.5. The molecule has 1 unspecified atom stereocenters. The number of nitriles is 1. The zero-order chi connectivity index (χ0) is 22.4. The third kappa shape index (κ3) is 5.12. The van der Waals surface area contributed by atoms with Crippen LogP contribution < -0.4 is 9.47 Å². The number of hydrogen-bond acceptors (Lipinski definition) is 7. The van der Waals surface area contributed by atoms with E-state index in [1.54, 1.807) is 7.11 Å². The van der Waals surface area contributed by atoms with Crippen LogP contribution in [0.15, 0.2) is 18.2 Å². The lowest BCUT2D eigenvalue weighted by Gasteiger charge is -2.24. The first-order chi connectivity index (χ1) is 14.9. The van der Waals surface area contributed by atoms with Crippen molar-refractivity contribution in [2.24, 2.45) is 11.8 Å². The highest BCUT2D eigenvalue weighted by molar-refractivity contribution is 5.71. The second kappa shape index (κ2) is 10.0. The van der Waals surface area contributed by atoms with Gasteiger partial charge >= 0.3 is 11.9 Å². The Balaban J connectivity index is 1.91. The van der Waals surface area contributed by atoms with Gasteiger partial charge in [0, 0.05) is 12.8 Å². The van der Waals surface area contributed by atoms with Gasteiger partial charge in [-0.25, -0.2) is 0 Å². The lowest BCUT2D eigenvalue weighted by molar-refractivity contribution is -0.145. The van der Waals surface area contributed by atoms with E-state index in [1.165, 1.54) is 14.2 Å². The molecular weight excluding hydrogens is 398 g/mol. The molecule has 0 N–H and O–H groups in total. The predicted octanol–water partition coefficient (Wildman–Crippen LogP) is 3.93. The number of ether oxygens (including phenoxy) is 4. The molecule has 2 fully saturated rings. The first kappa shape index (κ1) is 22.9. The fourth-order valence-electron chi connectivity index (χ4n) is 5.03. The van der Waals surface area contributed by atoms with Crippen LogP contribution in [0.5, 0.6) is 11.5 Å². The van der Waals surface area contributed by atoms with Crippen molar-refractivity contribution < 1.29 is 28.5 Å². The van der Waals surface area contributed by atoms with Crippen molar-refractivity contribution in [3.05, 3.63) is 23.8 Å². The molecule has 0 bridgehead atoms. The highest BCUT2D eigenvalue weighted by Gasteiger charge is 2.48. The number of methoxy groups -OCH3 is 3. The molecule has 2 aliphatic rings. The molecule has 3 rings (SSSR count). The molecule has 3 atom stereocenters. The monoisotopic (exact) mass is 429 g/mol. The van der Waals surface area contributed by atoms with Gasteiger partial charge < -0.3 is 18.9 Å². The summed E-state index contributed by atoms with van der Waals surface area (Å²) in [5, 5.41) is 10.2. The SMILES string of the molecule is COC(=O)C[C@@H]1CC(C#N)(c2ccc(OC)c(OC3CCCC3)c2)C[C@@H]1CC(=O)OC. The molecule has 0 spiro atoms. The average Bonchev–Trinajstić information content (AvgIpc) is 3.42. The molecule has 0 aromatic heterocycles. The van der Waals surface area contributed by atoms with E-state index >= 15 is 0 Å². The van der Waals surface area contributed by atoms with E-state index in [0.717, 1.165) is 31.2 Å². The molecule has 0 amide bonds. The summed E-state index contributed by atoms with van der Waals surface area (Å²) in [5.74, 6) is 0.309. The fourth-order valence-corrected chi connectivity index (χ4v) is 5.03. The van der Waals surface area contributed by atoms with Crippen molar-refractivity contribution in [3.8, 4) is 17.6 Å². The second-order valence-corrected chi connectivity index (χ2v) is 8.57. The standard InChI is InChI=1S/C24H31NO6/c1-28-20-9-8-18(12-21(20)31-19-6-4-5-7-19)24(15-25)13-16(10-22(26)29-2)17(14-24)11-23(27)30-3/h8-9,12,16-17,19H,4-7,10-11,13-14H2,1-3H3/t16-,17+,24?. The normalized spacial score (nSPS) is 25.6. The van der Waals surface area contributed by atoms with Crippen LogP contribution in [0.4, 0.5) is 0 Å². The largest absolute Gasteiger partial charge is 0.493 e. The van der Waals surface area contributed by atoms with E-state index in [9.17, 15) is 14.9 Å². The minimum atomic E-state index is -0.822. The minimum absolute atomic E-state index is 0.146. The molecule has 0 heterocycles. The summed E-state index contributed by atoms with van der Waals surface area (Å²) in [5.41, 5.74) is 0.00304. The third-order valence-electron chi connectivity index (χ3n) is 6.73. The maximum Gasteiger partial charge on any atom is 0.305 e. The lowest BCUT2D eigenvalue weighted by atomic mass is 9.79. The first-order valence-corrected chi connectivity index (χ1v) is 10.8. The van der Waals surface area contributed by atoms with Gasteiger partial charge in [0.15, 0.2) is 11.5 Å². The van der Waals surface area contributed by atoms with E-state index in [2.05, 4.69) is 6.07 Å². The Morgan fingerprint density at radius 1 is 1.00 bits per heavy atom. The van der Waals surface area contributed by atoms with Crippen LogP contribution in [0.1, 0.15) is 56.9 Å². The summed E-state index contributed by atoms with van der Waals surface area (Å²) >= 11 is 0. The Bertz CT molecular complexity index is 813. The number of carbonyl (C=O) groups is 2. The molecule has 7 heteroatoms. The van der Waals surface area contributed by atoms with Gasteiger partial charge in [0.1, 0.15) is 0 Å². The van der Waals surface area contributed by atoms with Gasteiger partial charge in [-0.15, -0.1) is 0 Å². The van der Waals surface area contributed by atoms with Crippen molar-refractivity contribution in [3.63, 3.8) is 0 Å². The minimum Gasteiger partial charge on any atom is -0.493 e. The molecule has 0 radical (unpaired) electrons. The Kier molecular flexibility index (Phi) is 7.42. The third-order valence-corrected chi connectivity index (χ3v) is 6.73. The predicted molar refractivity (Wildman–Crippen MR) is 113 cm³/mol. The number of esters is 2. The number of nitrogens with zero attached hydrogens (tertiary/aromatic N) is 1. The van der Waals surface area contributed by atoms with Crippen LogP contribution in [-0.4, -0.2) is 39.4 Å². The van der Waals surface area contributed by atoms with E-state index in [-0.39, 0.29) is 42.7 Å². The van der Waals surface area contributed by atoms with Gasteiger partial charge in [0.2, 0.25) is 0 Å². The Labute approximate surface area is 183 Å². The van der Waals surface area contributed by atoms with Crippen molar-refractivity contribution in [1.29, 1.82) is 5.26 Å². The van der Waals surface area contributed by atoms with Crippen LogP contribution in [0.25, 0.3) is 0 Å². The molecular formula is C24H31NO6. The number of carbonyl (C=O) groups excluding carboxylic acids is 2. The quantitative estimate of drug-likeness (QED) is 0.578. The lowest BCUT2D eigenvalue weighted by Crippen LogP contribution is -2.21. The van der Waals surface area contributed by atoms with Crippen molar-refractivity contribution in [1.82, 2.24) is 0 Å². The molecule has 168 valence electrons. The molecule has 1 aromatic carbocycles. The van der Waals surface area contributed by atoms with Gasteiger partial charge in [-0.2, -0.15) is 5.26 Å². The van der Waals surface area contributed by atoms with Gasteiger partial charge in [0.05, 0.1) is 38.9 Å². The summed E-state index contributed by atoms with van der Waals surface area (Å²) in [6.45, 7) is 0. The van der Waals surface area contributed by atoms with E-state index in [4.69, 9.17) is 18.9 Å². The molecule has 0 saturated heterocycles. The maximum absolute atomic E-state index is 12.0. The summed E-state index contributed by atoms with van der Waals surface area (Å²) in [6, 6.07) is 8.12. The number of benzene rings is 1. The Morgan fingerprint density at radius 3 is 2.06 bits per heavy atom. The van der Waals surface area contributed by atoms with Crippen molar-refractivity contribution in [2.45, 2.75) is 62.9 Å². The maximum atomic E-state index is 12.0. The van der Waals surface area contributed by atoms with Gasteiger partial charge in [0.25, 0.3) is 0 Å². The van der Waals surface area contributed by atoms with Gasteiger partial charge in [-0.05, 0) is 68.1 Å². The summed E-state index contributed by atoms with van der Waals surface area (Å²) in [7, 11) is 4.30. The van der Waals surface area contributed by atoms with E-state index in [0.29, 0.717) is 24.3 Å². The highest BCUT2D eigenvalue weighted by Crippen LogP contribution is 2.51. The Hall–Kier alpha value is -2.75. The van der Waals surface area contributed by atoms with Crippen molar-refractivity contribution in [2.75, 3.05) is 21.3 Å². The molecule has 31 heavy (non-hydrogen) atoms. The Morgan fingerprint density at radius 2 is 1.58 bits per heavy atom. The molecule has 2 saturated carbocycles. The smallest absolute Gasteiger partial charge is 0.305 e. The highest BCUT2D eigenvalue weighted by atomic mass is 16.5. The number of hydrogen-bond donors (Lipinski definition) is 0. The van der Waals surface area contributed by atoms with Crippen LogP contribution >= 0.6 is 0 Å². The summed E-state index contributed by atoms with van der Waals surface area (Å²) in [4.78, 5) is 24.0. The molecule has 0 aliphatic heterocycles. The van der Waals surface area contributed by atoms with Crippen LogP contribution in [0.3, 0.4) is 0 Å². The van der Waals surface area contributed by atoms with Gasteiger partial charge in [-0.3, -0.25) is 9.59 Å². The molecule has 7 nitrogen and oxygen atoms in total. The fraction of sp³-hybridized carbons (Fsp3) is 0.625. The average molecular weight is 430 g/mol. The topological polar surface area (TPSA) is 94.9 Å². The van der Waals surface area contributed by atoms with E-state index < -0.39 is 5.41 Å². The van der Waals surface area contributed by atoms with Gasteiger partial charge in [-0.1, -0.05) is 6.07 Å². The number of rotatable bonds is 8. The van der Waals surface area contributed by atoms with E-state index in [1.807, 2.05) is 18.2 Å². The van der Waals surface area contributed by atoms with Crippen LogP contribution in [0, 0.1) is 23.2 Å². The molecule has 2 aliphatic carbocycles. The second-order valence-electron chi connectivity index (χ2n) is 8.57. The van der Waals surface area contributed by atoms with Crippen LogP contribution in [0.2, 0.25) is 0 Å². The zero-order valence-electron chi connectivity index (χ0n) is 18.5. The van der Waals surface area contributed by atoms with Crippen LogP contribution in [-0.2, 0) is 24.5 Å². The first-order valence-electron chi connectivity index (χ1n) is 10.8. The summed E-state index contributed by atoms with van der Waals surface area (Å²) < 4.78 is 21.4. The summed E-state index contributed by atoms with van der Waals surface area (Å²) in [6.07, 6.45) is 5.76. The van der Waals surface area contributed by atoms with Crippen molar-refractivity contribution >= 4 is 11.9 Å².